The summed E-state index contributed by atoms with van der Waals surface area (Å²) in [6.45, 7) is 0.759. The molecular weight excluding hydrogens is 240 g/mol. The normalized spacial score (nSPS) is 20.3. The van der Waals surface area contributed by atoms with Crippen LogP contribution in [0.1, 0.15) is 32.1 Å². The van der Waals surface area contributed by atoms with E-state index in [0.717, 1.165) is 13.0 Å². The zero-order chi connectivity index (χ0) is 13.5. The molecule has 18 heavy (non-hydrogen) atoms. The summed E-state index contributed by atoms with van der Waals surface area (Å²) in [5, 5.41) is 22.8. The molecule has 0 aromatic rings. The van der Waals surface area contributed by atoms with Gasteiger partial charge in [0.15, 0.2) is 0 Å². The molecule has 0 bridgehead atoms. The van der Waals surface area contributed by atoms with Crippen LogP contribution in [-0.4, -0.2) is 46.7 Å². The number of amides is 1. The molecule has 7 nitrogen and oxygen atoms in total. The van der Waals surface area contributed by atoms with E-state index in [-0.39, 0.29) is 31.2 Å². The average Bonchev–Trinajstić information content (AvgIpc) is 2.80. The first-order valence-corrected chi connectivity index (χ1v) is 5.99. The third kappa shape index (κ3) is 4.70. The first-order chi connectivity index (χ1) is 8.50. The molecular formula is C11H18N2O5. The van der Waals surface area contributed by atoms with Gasteiger partial charge in [-0.2, -0.15) is 0 Å². The predicted molar refractivity (Wildman–Crippen MR) is 62.1 cm³/mol. The van der Waals surface area contributed by atoms with Gasteiger partial charge in [0.05, 0.1) is 6.04 Å². The summed E-state index contributed by atoms with van der Waals surface area (Å²) in [5.74, 6) is -2.43. The second-order valence-electron chi connectivity index (χ2n) is 4.33. The van der Waals surface area contributed by atoms with Crippen molar-refractivity contribution in [2.45, 2.75) is 44.2 Å². The molecule has 0 aromatic heterocycles. The van der Waals surface area contributed by atoms with Crippen LogP contribution in [0.3, 0.4) is 0 Å². The Morgan fingerprint density at radius 1 is 1.33 bits per heavy atom. The summed E-state index contributed by atoms with van der Waals surface area (Å²) in [4.78, 5) is 33.0. The summed E-state index contributed by atoms with van der Waals surface area (Å²) >= 11 is 0. The Morgan fingerprint density at radius 2 is 2.06 bits per heavy atom. The lowest BCUT2D eigenvalue weighted by Gasteiger charge is -2.17. The van der Waals surface area contributed by atoms with E-state index in [9.17, 15) is 14.4 Å². The summed E-state index contributed by atoms with van der Waals surface area (Å²) in [5.41, 5.74) is 0. The molecule has 1 amide bonds. The number of carboxylic acids is 2. The van der Waals surface area contributed by atoms with Crippen molar-refractivity contribution in [3.05, 3.63) is 0 Å². The molecule has 0 spiro atoms. The number of nitrogens with one attached hydrogen (secondary N) is 2. The Morgan fingerprint density at radius 3 is 2.56 bits per heavy atom. The summed E-state index contributed by atoms with van der Waals surface area (Å²) in [6.07, 6.45) is 1.86. The molecule has 1 saturated heterocycles. The van der Waals surface area contributed by atoms with Crippen molar-refractivity contribution in [2.24, 2.45) is 0 Å². The van der Waals surface area contributed by atoms with Gasteiger partial charge < -0.3 is 20.8 Å². The van der Waals surface area contributed by atoms with E-state index in [1.165, 1.54) is 0 Å². The smallest absolute Gasteiger partial charge is 0.326 e. The largest absolute Gasteiger partial charge is 0.481 e. The molecule has 1 fully saturated rings. The van der Waals surface area contributed by atoms with Gasteiger partial charge in [-0.1, -0.05) is 0 Å². The SMILES string of the molecule is O=C(O)CCC[C@@H](NC(=O)[C@H]1CCCN1)C(=O)O. The topological polar surface area (TPSA) is 116 Å². The Labute approximate surface area is 105 Å². The van der Waals surface area contributed by atoms with Crippen molar-refractivity contribution in [1.29, 1.82) is 0 Å². The van der Waals surface area contributed by atoms with Crippen molar-refractivity contribution in [3.63, 3.8) is 0 Å². The molecule has 102 valence electrons. The fourth-order valence-electron chi connectivity index (χ4n) is 1.90. The molecule has 0 unspecified atom stereocenters. The number of carboxylic acid groups (broad SMARTS) is 2. The molecule has 0 aromatic carbocycles. The van der Waals surface area contributed by atoms with E-state index in [2.05, 4.69) is 10.6 Å². The van der Waals surface area contributed by atoms with E-state index in [1.807, 2.05) is 0 Å². The summed E-state index contributed by atoms with van der Waals surface area (Å²) in [6, 6.07) is -1.34. The second-order valence-corrected chi connectivity index (χ2v) is 4.33. The highest BCUT2D eigenvalue weighted by atomic mass is 16.4. The van der Waals surface area contributed by atoms with Gasteiger partial charge in [-0.25, -0.2) is 4.79 Å². The van der Waals surface area contributed by atoms with E-state index in [1.54, 1.807) is 0 Å². The van der Waals surface area contributed by atoms with E-state index in [0.29, 0.717) is 6.42 Å². The third-order valence-corrected chi connectivity index (χ3v) is 2.87. The van der Waals surface area contributed by atoms with Gasteiger partial charge in [-0.15, -0.1) is 0 Å². The maximum absolute atomic E-state index is 11.7. The highest BCUT2D eigenvalue weighted by Gasteiger charge is 2.26. The second kappa shape index (κ2) is 6.95. The highest BCUT2D eigenvalue weighted by molar-refractivity contribution is 5.87. The number of carbonyl (C=O) groups excluding carboxylic acids is 1. The molecule has 1 aliphatic rings. The Hall–Kier alpha value is -1.63. The van der Waals surface area contributed by atoms with E-state index < -0.39 is 18.0 Å². The molecule has 2 atom stereocenters. The predicted octanol–water partition coefficient (Wildman–Crippen LogP) is -0.437. The molecule has 0 saturated carbocycles. The fraction of sp³-hybridized carbons (Fsp3) is 0.727. The van der Waals surface area contributed by atoms with Crippen LogP contribution in [0.4, 0.5) is 0 Å². The highest BCUT2D eigenvalue weighted by Crippen LogP contribution is 2.07. The van der Waals surface area contributed by atoms with Crippen LogP contribution >= 0.6 is 0 Å². The van der Waals surface area contributed by atoms with Gasteiger partial charge >= 0.3 is 11.9 Å². The van der Waals surface area contributed by atoms with Crippen LogP contribution in [0.15, 0.2) is 0 Å². The lowest BCUT2D eigenvalue weighted by Crippen LogP contribution is -2.48. The lowest BCUT2D eigenvalue weighted by atomic mass is 10.1. The minimum absolute atomic E-state index is 0.0959. The maximum atomic E-state index is 11.7. The minimum atomic E-state index is -1.13. The average molecular weight is 258 g/mol. The molecule has 0 aliphatic carbocycles. The first-order valence-electron chi connectivity index (χ1n) is 5.99. The number of hydrogen-bond acceptors (Lipinski definition) is 4. The maximum Gasteiger partial charge on any atom is 0.326 e. The van der Waals surface area contributed by atoms with Crippen LogP contribution in [0, 0.1) is 0 Å². The molecule has 0 radical (unpaired) electrons. The quantitative estimate of drug-likeness (QED) is 0.492. The standard InChI is InChI=1S/C11H18N2O5/c14-9(15)5-1-3-8(11(17)18)13-10(16)7-4-2-6-12-7/h7-8,12H,1-6H2,(H,13,16)(H,14,15)(H,17,18)/t7-,8-/m1/s1. The molecule has 1 rings (SSSR count). The van der Waals surface area contributed by atoms with E-state index in [4.69, 9.17) is 10.2 Å². The van der Waals surface area contributed by atoms with Crippen molar-refractivity contribution in [2.75, 3.05) is 6.54 Å². The first kappa shape index (κ1) is 14.4. The van der Waals surface area contributed by atoms with Gasteiger partial charge in [0.2, 0.25) is 5.91 Å². The molecule has 1 aliphatic heterocycles. The van der Waals surface area contributed by atoms with Crippen molar-refractivity contribution >= 4 is 17.8 Å². The number of aliphatic carboxylic acids is 2. The molecule has 7 heteroatoms. The van der Waals surface area contributed by atoms with Gasteiger partial charge in [0.25, 0.3) is 0 Å². The van der Waals surface area contributed by atoms with Crippen molar-refractivity contribution in [1.82, 2.24) is 10.6 Å². The monoisotopic (exact) mass is 258 g/mol. The zero-order valence-corrected chi connectivity index (χ0v) is 10.0. The van der Waals surface area contributed by atoms with Crippen molar-refractivity contribution < 1.29 is 24.6 Å². The van der Waals surface area contributed by atoms with E-state index >= 15 is 0 Å². The van der Waals surface area contributed by atoms with Gasteiger partial charge in [-0.3, -0.25) is 9.59 Å². The summed E-state index contributed by atoms with van der Waals surface area (Å²) < 4.78 is 0. The Kier molecular flexibility index (Phi) is 5.57. The fourth-order valence-corrected chi connectivity index (χ4v) is 1.90. The van der Waals surface area contributed by atoms with Crippen LogP contribution in [-0.2, 0) is 14.4 Å². The minimum Gasteiger partial charge on any atom is -0.481 e. The van der Waals surface area contributed by atoms with Crippen LogP contribution < -0.4 is 10.6 Å². The number of hydrogen-bond donors (Lipinski definition) is 4. The third-order valence-electron chi connectivity index (χ3n) is 2.87. The van der Waals surface area contributed by atoms with Crippen LogP contribution in [0.25, 0.3) is 0 Å². The van der Waals surface area contributed by atoms with Gasteiger partial charge in [-0.05, 0) is 32.2 Å². The molecule has 1 heterocycles. The van der Waals surface area contributed by atoms with Gasteiger partial charge in [0, 0.05) is 6.42 Å². The molecule has 4 N–H and O–H groups in total. The lowest BCUT2D eigenvalue weighted by molar-refractivity contribution is -0.143. The van der Waals surface area contributed by atoms with Crippen molar-refractivity contribution in [3.8, 4) is 0 Å². The zero-order valence-electron chi connectivity index (χ0n) is 10.0. The van der Waals surface area contributed by atoms with Gasteiger partial charge in [0.1, 0.15) is 6.04 Å². The Balaban J connectivity index is 2.39. The van der Waals surface area contributed by atoms with Crippen LogP contribution in [0.2, 0.25) is 0 Å². The van der Waals surface area contributed by atoms with Crippen LogP contribution in [0.5, 0.6) is 0 Å². The number of rotatable bonds is 7. The Bertz CT molecular complexity index is 325. The number of carbonyl (C=O) groups is 3. The summed E-state index contributed by atoms with van der Waals surface area (Å²) in [7, 11) is 0.